The first kappa shape index (κ1) is 15.9. The van der Waals surface area contributed by atoms with Crippen molar-refractivity contribution >= 4 is 6.09 Å². The molecular formula is C18H27NO2. The minimum absolute atomic E-state index is 0.0766. The maximum Gasteiger partial charge on any atom is 0.411 e. The Labute approximate surface area is 128 Å². The van der Waals surface area contributed by atoms with Crippen LogP contribution in [0.1, 0.15) is 58.8 Å². The lowest BCUT2D eigenvalue weighted by atomic mass is 10.0. The SMILES string of the molecule is CC1=CC(C)CCC(NC(=O)OC2/C=C/CCCCC2)=C1. The molecule has 0 saturated heterocycles. The molecule has 2 unspecified atom stereocenters. The van der Waals surface area contributed by atoms with Crippen LogP contribution >= 0.6 is 0 Å². The van der Waals surface area contributed by atoms with E-state index in [-0.39, 0.29) is 12.2 Å². The summed E-state index contributed by atoms with van der Waals surface area (Å²) in [5.74, 6) is 0.560. The van der Waals surface area contributed by atoms with Crippen molar-refractivity contribution in [3.63, 3.8) is 0 Å². The normalized spacial score (nSPS) is 28.3. The lowest BCUT2D eigenvalue weighted by Crippen LogP contribution is -2.28. The Morgan fingerprint density at radius 1 is 1.29 bits per heavy atom. The van der Waals surface area contributed by atoms with Gasteiger partial charge in [0.05, 0.1) is 0 Å². The van der Waals surface area contributed by atoms with E-state index in [2.05, 4.69) is 37.4 Å². The van der Waals surface area contributed by atoms with Crippen molar-refractivity contribution in [2.45, 2.75) is 64.9 Å². The van der Waals surface area contributed by atoms with Crippen molar-refractivity contribution < 1.29 is 9.53 Å². The van der Waals surface area contributed by atoms with E-state index < -0.39 is 0 Å². The summed E-state index contributed by atoms with van der Waals surface area (Å²) in [6, 6.07) is 0. The van der Waals surface area contributed by atoms with E-state index in [1.807, 2.05) is 6.08 Å². The van der Waals surface area contributed by atoms with Crippen LogP contribution in [-0.4, -0.2) is 12.2 Å². The van der Waals surface area contributed by atoms with Gasteiger partial charge in [0.25, 0.3) is 0 Å². The lowest BCUT2D eigenvalue weighted by molar-refractivity contribution is 0.115. The van der Waals surface area contributed by atoms with Crippen LogP contribution in [0.3, 0.4) is 0 Å². The molecule has 2 atom stereocenters. The predicted octanol–water partition coefficient (Wildman–Crippen LogP) is 4.86. The number of carbonyl (C=O) groups excluding carboxylic acids is 1. The molecule has 0 fully saturated rings. The molecule has 0 aromatic carbocycles. The van der Waals surface area contributed by atoms with Crippen LogP contribution in [0.25, 0.3) is 0 Å². The molecule has 0 aromatic heterocycles. The summed E-state index contributed by atoms with van der Waals surface area (Å²) < 4.78 is 5.54. The third kappa shape index (κ3) is 5.78. The molecule has 0 radical (unpaired) electrons. The van der Waals surface area contributed by atoms with Gasteiger partial charge in [0.15, 0.2) is 0 Å². The molecule has 0 saturated carbocycles. The molecule has 2 aliphatic rings. The zero-order valence-corrected chi connectivity index (χ0v) is 13.2. The number of amides is 1. The standard InChI is InChI=1S/C18H27NO2/c1-14-10-11-16(13-15(2)12-14)19-18(20)21-17-8-6-4-3-5-7-9-17/h6,8,12-14,17H,3-5,7,9-11H2,1-2H3,(H,19,20)/b8-6+. The van der Waals surface area contributed by atoms with Crippen LogP contribution in [0.4, 0.5) is 4.79 Å². The summed E-state index contributed by atoms with van der Waals surface area (Å²) >= 11 is 0. The van der Waals surface area contributed by atoms with E-state index in [9.17, 15) is 4.79 Å². The number of alkyl carbamates (subject to hydrolysis) is 1. The van der Waals surface area contributed by atoms with Gasteiger partial charge in [-0.3, -0.25) is 5.32 Å². The second-order valence-corrected chi connectivity index (χ2v) is 6.23. The van der Waals surface area contributed by atoms with E-state index in [0.29, 0.717) is 5.92 Å². The van der Waals surface area contributed by atoms with Crippen LogP contribution in [0.5, 0.6) is 0 Å². The van der Waals surface area contributed by atoms with E-state index in [1.165, 1.54) is 18.4 Å². The molecule has 0 heterocycles. The topological polar surface area (TPSA) is 38.3 Å². The molecule has 0 bridgehead atoms. The van der Waals surface area contributed by atoms with Crippen molar-refractivity contribution in [2.75, 3.05) is 0 Å². The van der Waals surface area contributed by atoms with Crippen molar-refractivity contribution in [1.29, 1.82) is 0 Å². The van der Waals surface area contributed by atoms with E-state index in [4.69, 9.17) is 4.74 Å². The molecule has 3 heteroatoms. The summed E-state index contributed by atoms with van der Waals surface area (Å²) in [6.07, 6.45) is 15.6. The molecule has 0 aromatic rings. The molecular weight excluding hydrogens is 262 g/mol. The molecule has 0 spiro atoms. The summed E-state index contributed by atoms with van der Waals surface area (Å²) in [7, 11) is 0. The Morgan fingerprint density at radius 3 is 3.00 bits per heavy atom. The minimum Gasteiger partial charge on any atom is -0.442 e. The van der Waals surface area contributed by atoms with Crippen LogP contribution in [0, 0.1) is 5.92 Å². The highest BCUT2D eigenvalue weighted by Crippen LogP contribution is 2.20. The zero-order valence-electron chi connectivity index (χ0n) is 13.2. The largest absolute Gasteiger partial charge is 0.442 e. The summed E-state index contributed by atoms with van der Waals surface area (Å²) in [4.78, 5) is 12.1. The summed E-state index contributed by atoms with van der Waals surface area (Å²) in [5.41, 5.74) is 2.18. The second-order valence-electron chi connectivity index (χ2n) is 6.23. The smallest absolute Gasteiger partial charge is 0.411 e. The van der Waals surface area contributed by atoms with Gasteiger partial charge in [-0.1, -0.05) is 31.1 Å². The average Bonchev–Trinajstić information content (AvgIpc) is 2.53. The fourth-order valence-electron chi connectivity index (χ4n) is 2.93. The lowest BCUT2D eigenvalue weighted by Gasteiger charge is -2.17. The molecule has 2 aliphatic carbocycles. The van der Waals surface area contributed by atoms with Crippen LogP contribution < -0.4 is 5.32 Å². The van der Waals surface area contributed by atoms with Gasteiger partial charge in [0, 0.05) is 5.70 Å². The van der Waals surface area contributed by atoms with Gasteiger partial charge < -0.3 is 4.74 Å². The molecule has 1 amide bonds. The molecule has 1 N–H and O–H groups in total. The van der Waals surface area contributed by atoms with E-state index in [0.717, 1.165) is 37.8 Å². The molecule has 0 aliphatic heterocycles. The van der Waals surface area contributed by atoms with Crippen molar-refractivity contribution in [3.05, 3.63) is 35.6 Å². The number of hydrogen-bond donors (Lipinski definition) is 1. The second kappa shape index (κ2) is 8.06. The van der Waals surface area contributed by atoms with Crippen molar-refractivity contribution in [1.82, 2.24) is 5.32 Å². The third-order valence-electron chi connectivity index (χ3n) is 4.05. The van der Waals surface area contributed by atoms with Crippen molar-refractivity contribution in [2.24, 2.45) is 5.92 Å². The number of ether oxygens (including phenoxy) is 1. The monoisotopic (exact) mass is 289 g/mol. The number of carbonyl (C=O) groups is 1. The fraction of sp³-hybridized carbons (Fsp3) is 0.611. The zero-order chi connectivity index (χ0) is 15.1. The minimum atomic E-state index is -0.321. The van der Waals surface area contributed by atoms with Gasteiger partial charge in [-0.2, -0.15) is 0 Å². The van der Waals surface area contributed by atoms with Gasteiger partial charge in [0.2, 0.25) is 0 Å². The molecule has 2 rings (SSSR count). The Kier molecular flexibility index (Phi) is 6.09. The number of allylic oxidation sites excluding steroid dienone is 5. The van der Waals surface area contributed by atoms with Gasteiger partial charge in [-0.05, 0) is 63.5 Å². The highest BCUT2D eigenvalue weighted by Gasteiger charge is 2.15. The first-order valence-electron chi connectivity index (χ1n) is 8.17. The van der Waals surface area contributed by atoms with Crippen LogP contribution in [0.15, 0.2) is 35.6 Å². The van der Waals surface area contributed by atoms with Crippen LogP contribution in [0.2, 0.25) is 0 Å². The number of nitrogens with one attached hydrogen (secondary N) is 1. The molecule has 21 heavy (non-hydrogen) atoms. The highest BCUT2D eigenvalue weighted by atomic mass is 16.6. The summed E-state index contributed by atoms with van der Waals surface area (Å²) in [6.45, 7) is 4.28. The van der Waals surface area contributed by atoms with Crippen LogP contribution in [-0.2, 0) is 4.74 Å². The van der Waals surface area contributed by atoms with E-state index >= 15 is 0 Å². The maximum atomic E-state index is 12.1. The Bertz CT molecular complexity index is 448. The first-order valence-corrected chi connectivity index (χ1v) is 8.17. The van der Waals surface area contributed by atoms with Gasteiger partial charge in [-0.15, -0.1) is 0 Å². The Hall–Kier alpha value is -1.51. The predicted molar refractivity (Wildman–Crippen MR) is 85.9 cm³/mol. The number of rotatable bonds is 2. The Morgan fingerprint density at radius 2 is 2.14 bits per heavy atom. The number of hydrogen-bond acceptors (Lipinski definition) is 2. The molecule has 116 valence electrons. The first-order chi connectivity index (χ1) is 10.1. The third-order valence-corrected chi connectivity index (χ3v) is 4.05. The van der Waals surface area contributed by atoms with Gasteiger partial charge in [0.1, 0.15) is 6.10 Å². The molecule has 3 nitrogen and oxygen atoms in total. The Balaban J connectivity index is 1.86. The average molecular weight is 289 g/mol. The maximum absolute atomic E-state index is 12.1. The van der Waals surface area contributed by atoms with Gasteiger partial charge >= 0.3 is 6.09 Å². The van der Waals surface area contributed by atoms with Crippen molar-refractivity contribution in [3.8, 4) is 0 Å². The van der Waals surface area contributed by atoms with Gasteiger partial charge in [-0.25, -0.2) is 4.79 Å². The fourth-order valence-corrected chi connectivity index (χ4v) is 2.93. The van der Waals surface area contributed by atoms with E-state index in [1.54, 1.807) is 0 Å². The summed E-state index contributed by atoms with van der Waals surface area (Å²) in [5, 5.41) is 2.92. The highest BCUT2D eigenvalue weighted by molar-refractivity contribution is 5.70. The quantitative estimate of drug-likeness (QED) is 0.737.